The normalized spacial score (nSPS) is 10.2. The van der Waals surface area contributed by atoms with Gasteiger partial charge < -0.3 is 4.42 Å². The average Bonchev–Trinajstić information content (AvgIpc) is 2.67. The molecule has 15 heavy (non-hydrogen) atoms. The monoisotopic (exact) mass is 202 g/mol. The molecule has 0 aliphatic carbocycles. The smallest absolute Gasteiger partial charge is 0.227 e. The van der Waals surface area contributed by atoms with Crippen LogP contribution in [0.1, 0.15) is 12.6 Å². The molecule has 0 fully saturated rings. The summed E-state index contributed by atoms with van der Waals surface area (Å²) in [6.07, 6.45) is 5.17. The van der Waals surface area contributed by atoms with Gasteiger partial charge in [-0.05, 0) is 19.1 Å². The number of hydrogen-bond donors (Lipinski definition) is 0. The van der Waals surface area contributed by atoms with Crippen molar-refractivity contribution >= 4 is 5.78 Å². The Balaban J connectivity index is 2.24. The second-order valence-electron chi connectivity index (χ2n) is 3.26. The van der Waals surface area contributed by atoms with Crippen molar-refractivity contribution < 1.29 is 9.21 Å². The highest BCUT2D eigenvalue weighted by atomic mass is 16.3. The van der Waals surface area contributed by atoms with Gasteiger partial charge in [0.1, 0.15) is 12.0 Å². The Morgan fingerprint density at radius 1 is 1.53 bits per heavy atom. The average molecular weight is 202 g/mol. The molecular formula is C11H10N2O2. The van der Waals surface area contributed by atoms with Crippen LogP contribution >= 0.6 is 0 Å². The number of oxazole rings is 1. The third-order valence-corrected chi connectivity index (χ3v) is 1.89. The van der Waals surface area contributed by atoms with E-state index in [0.717, 1.165) is 5.56 Å². The van der Waals surface area contributed by atoms with Crippen LogP contribution in [0.25, 0.3) is 11.5 Å². The van der Waals surface area contributed by atoms with Crippen LogP contribution in [0.3, 0.4) is 0 Å². The van der Waals surface area contributed by atoms with Crippen molar-refractivity contribution in [3.05, 3.63) is 36.5 Å². The van der Waals surface area contributed by atoms with Gasteiger partial charge in [-0.3, -0.25) is 9.78 Å². The van der Waals surface area contributed by atoms with Crippen LogP contribution in [0, 0.1) is 0 Å². The molecule has 0 spiro atoms. The topological polar surface area (TPSA) is 56.0 Å². The number of Topliss-reactive ketones (excluding diaryl/α,β-unsaturated/α-hetero) is 1. The van der Waals surface area contributed by atoms with Crippen LogP contribution in [0.4, 0.5) is 0 Å². The molecule has 0 saturated carbocycles. The first kappa shape index (κ1) is 9.58. The number of carbonyl (C=O) groups excluding carboxylic acids is 1. The molecule has 4 heteroatoms. The van der Waals surface area contributed by atoms with Crippen molar-refractivity contribution in [2.24, 2.45) is 0 Å². The van der Waals surface area contributed by atoms with Gasteiger partial charge in [0.25, 0.3) is 0 Å². The number of hydrogen-bond acceptors (Lipinski definition) is 4. The Kier molecular flexibility index (Phi) is 2.58. The van der Waals surface area contributed by atoms with Gasteiger partial charge in [-0.1, -0.05) is 0 Å². The highest BCUT2D eigenvalue weighted by Crippen LogP contribution is 2.17. The van der Waals surface area contributed by atoms with Crippen LogP contribution in [-0.4, -0.2) is 15.8 Å². The Labute approximate surface area is 87.0 Å². The van der Waals surface area contributed by atoms with Gasteiger partial charge in [0.05, 0.1) is 17.7 Å². The Morgan fingerprint density at radius 2 is 2.40 bits per heavy atom. The highest BCUT2D eigenvalue weighted by molar-refractivity contribution is 5.77. The Hall–Kier alpha value is -1.97. The van der Waals surface area contributed by atoms with E-state index in [0.29, 0.717) is 18.0 Å². The number of ketones is 1. The molecule has 2 heterocycles. The summed E-state index contributed by atoms with van der Waals surface area (Å²) in [5.74, 6) is 0.570. The minimum absolute atomic E-state index is 0.0704. The van der Waals surface area contributed by atoms with Crippen molar-refractivity contribution in [1.29, 1.82) is 0 Å². The quantitative estimate of drug-likeness (QED) is 0.762. The predicted molar refractivity (Wildman–Crippen MR) is 54.1 cm³/mol. The molecule has 0 radical (unpaired) electrons. The van der Waals surface area contributed by atoms with Crippen molar-refractivity contribution in [1.82, 2.24) is 9.97 Å². The molecule has 0 bridgehead atoms. The standard InChI is InChI=1S/C11H10N2O2/c1-8(14)5-10-7-15-11(13-10)9-3-2-4-12-6-9/h2-4,6-7H,5H2,1H3. The maximum absolute atomic E-state index is 10.9. The minimum Gasteiger partial charge on any atom is -0.444 e. The highest BCUT2D eigenvalue weighted by Gasteiger charge is 2.07. The number of rotatable bonds is 3. The Bertz CT molecular complexity index is 462. The molecule has 2 aromatic heterocycles. The van der Waals surface area contributed by atoms with Gasteiger partial charge in [-0.2, -0.15) is 0 Å². The summed E-state index contributed by atoms with van der Waals surface area (Å²) < 4.78 is 5.25. The van der Waals surface area contributed by atoms with E-state index >= 15 is 0 Å². The zero-order valence-electron chi connectivity index (χ0n) is 8.30. The van der Waals surface area contributed by atoms with Gasteiger partial charge in [0, 0.05) is 12.4 Å². The van der Waals surface area contributed by atoms with E-state index in [9.17, 15) is 4.79 Å². The van der Waals surface area contributed by atoms with E-state index in [2.05, 4.69) is 9.97 Å². The van der Waals surface area contributed by atoms with Gasteiger partial charge in [-0.25, -0.2) is 4.98 Å². The number of pyridine rings is 1. The maximum atomic E-state index is 10.9. The molecular weight excluding hydrogens is 192 g/mol. The van der Waals surface area contributed by atoms with Crippen LogP contribution in [-0.2, 0) is 11.2 Å². The number of carbonyl (C=O) groups is 1. The third kappa shape index (κ3) is 2.28. The van der Waals surface area contributed by atoms with Gasteiger partial charge in [0.2, 0.25) is 5.89 Å². The third-order valence-electron chi connectivity index (χ3n) is 1.89. The van der Waals surface area contributed by atoms with Crippen molar-refractivity contribution in [3.8, 4) is 11.5 Å². The van der Waals surface area contributed by atoms with E-state index < -0.39 is 0 Å². The van der Waals surface area contributed by atoms with Crippen LogP contribution in [0.5, 0.6) is 0 Å². The zero-order valence-corrected chi connectivity index (χ0v) is 8.30. The lowest BCUT2D eigenvalue weighted by molar-refractivity contribution is -0.116. The lowest BCUT2D eigenvalue weighted by Crippen LogP contribution is -1.95. The largest absolute Gasteiger partial charge is 0.444 e. The minimum atomic E-state index is 0.0704. The van der Waals surface area contributed by atoms with Gasteiger partial charge in [-0.15, -0.1) is 0 Å². The van der Waals surface area contributed by atoms with E-state index in [1.165, 1.54) is 13.2 Å². The first-order valence-corrected chi connectivity index (χ1v) is 4.60. The van der Waals surface area contributed by atoms with E-state index in [1.807, 2.05) is 12.1 Å². The molecule has 2 aromatic rings. The first-order valence-electron chi connectivity index (χ1n) is 4.60. The molecule has 0 amide bonds. The zero-order chi connectivity index (χ0) is 10.7. The lowest BCUT2D eigenvalue weighted by atomic mass is 10.2. The fraction of sp³-hybridized carbons (Fsp3) is 0.182. The lowest BCUT2D eigenvalue weighted by Gasteiger charge is -1.91. The summed E-state index contributed by atoms with van der Waals surface area (Å²) in [5, 5.41) is 0. The van der Waals surface area contributed by atoms with Gasteiger partial charge >= 0.3 is 0 Å². The summed E-state index contributed by atoms with van der Waals surface area (Å²) >= 11 is 0. The SMILES string of the molecule is CC(=O)Cc1coc(-c2cccnc2)n1. The summed E-state index contributed by atoms with van der Waals surface area (Å²) in [6, 6.07) is 3.67. The molecule has 4 nitrogen and oxygen atoms in total. The van der Waals surface area contributed by atoms with E-state index in [-0.39, 0.29) is 5.78 Å². The molecule has 0 aromatic carbocycles. The fourth-order valence-corrected chi connectivity index (χ4v) is 1.27. The second kappa shape index (κ2) is 4.04. The Morgan fingerprint density at radius 3 is 3.07 bits per heavy atom. The van der Waals surface area contributed by atoms with E-state index in [4.69, 9.17) is 4.42 Å². The second-order valence-corrected chi connectivity index (χ2v) is 3.26. The predicted octanol–water partition coefficient (Wildman–Crippen LogP) is 1.87. The van der Waals surface area contributed by atoms with Crippen molar-refractivity contribution in [3.63, 3.8) is 0 Å². The van der Waals surface area contributed by atoms with Crippen molar-refractivity contribution in [2.75, 3.05) is 0 Å². The summed E-state index contributed by atoms with van der Waals surface area (Å²) in [5.41, 5.74) is 1.47. The summed E-state index contributed by atoms with van der Waals surface area (Å²) in [6.45, 7) is 1.53. The van der Waals surface area contributed by atoms with Crippen molar-refractivity contribution in [2.45, 2.75) is 13.3 Å². The van der Waals surface area contributed by atoms with Crippen LogP contribution in [0.15, 0.2) is 35.2 Å². The molecule has 0 aliphatic heterocycles. The van der Waals surface area contributed by atoms with Gasteiger partial charge in [0.15, 0.2) is 0 Å². The molecule has 0 atom stereocenters. The number of aromatic nitrogens is 2. The van der Waals surface area contributed by atoms with Crippen LogP contribution < -0.4 is 0 Å². The van der Waals surface area contributed by atoms with Crippen LogP contribution in [0.2, 0.25) is 0 Å². The number of nitrogens with zero attached hydrogens (tertiary/aromatic N) is 2. The fourth-order valence-electron chi connectivity index (χ4n) is 1.27. The summed E-state index contributed by atoms with van der Waals surface area (Å²) in [4.78, 5) is 19.0. The first-order chi connectivity index (χ1) is 7.25. The molecule has 0 aliphatic rings. The summed E-state index contributed by atoms with van der Waals surface area (Å²) in [7, 11) is 0. The maximum Gasteiger partial charge on any atom is 0.227 e. The molecule has 76 valence electrons. The molecule has 0 N–H and O–H groups in total. The molecule has 0 saturated heterocycles. The molecule has 0 unspecified atom stereocenters. The molecule has 2 rings (SSSR count). The van der Waals surface area contributed by atoms with E-state index in [1.54, 1.807) is 12.4 Å².